The molecule has 114 valence electrons. The van der Waals surface area contributed by atoms with Gasteiger partial charge in [-0.2, -0.15) is 0 Å². The normalized spacial score (nSPS) is 25.2. The van der Waals surface area contributed by atoms with Crippen LogP contribution in [0.1, 0.15) is 49.9 Å². The maximum atomic E-state index is 13.3. The third-order valence-electron chi connectivity index (χ3n) is 5.60. The summed E-state index contributed by atoms with van der Waals surface area (Å²) in [6, 6.07) is 0. The van der Waals surface area contributed by atoms with Crippen LogP contribution in [-0.2, 0) is 17.8 Å². The van der Waals surface area contributed by atoms with Crippen molar-refractivity contribution in [1.29, 1.82) is 0 Å². The van der Waals surface area contributed by atoms with Gasteiger partial charge in [0, 0.05) is 13.0 Å². The standard InChI is InChI=1S/C16H24N4O/c21-15(19-10-5-13-14(11-19)18-12-17-13)16(6-1-2-7-16)20-8-3-4-9-20/h12H,1-11H2,(H,17,18). The number of carbonyl (C=O) groups is 1. The van der Waals surface area contributed by atoms with E-state index >= 15 is 0 Å². The van der Waals surface area contributed by atoms with Crippen molar-refractivity contribution in [3.8, 4) is 0 Å². The van der Waals surface area contributed by atoms with E-state index in [0.29, 0.717) is 12.5 Å². The van der Waals surface area contributed by atoms with E-state index in [-0.39, 0.29) is 5.54 Å². The third-order valence-corrected chi connectivity index (χ3v) is 5.60. The minimum absolute atomic E-state index is 0.186. The van der Waals surface area contributed by atoms with Crippen LogP contribution in [0.4, 0.5) is 0 Å². The van der Waals surface area contributed by atoms with Gasteiger partial charge in [0.2, 0.25) is 5.91 Å². The number of rotatable bonds is 2. The number of carbonyl (C=O) groups excluding carboxylic acids is 1. The number of aromatic amines is 1. The molecule has 1 amide bonds. The first-order valence-electron chi connectivity index (χ1n) is 8.35. The van der Waals surface area contributed by atoms with Gasteiger partial charge >= 0.3 is 0 Å². The number of nitrogens with one attached hydrogen (secondary N) is 1. The highest BCUT2D eigenvalue weighted by molar-refractivity contribution is 5.87. The minimum atomic E-state index is -0.186. The van der Waals surface area contributed by atoms with Gasteiger partial charge in [-0.3, -0.25) is 9.69 Å². The van der Waals surface area contributed by atoms with E-state index in [1.54, 1.807) is 6.33 Å². The van der Waals surface area contributed by atoms with Crippen LogP contribution < -0.4 is 0 Å². The summed E-state index contributed by atoms with van der Waals surface area (Å²) in [6.07, 6.45) is 9.65. The Balaban J connectivity index is 1.57. The SMILES string of the molecule is O=C(N1CCc2nc[nH]c2C1)C1(N2CCCC2)CCCC1. The van der Waals surface area contributed by atoms with Gasteiger partial charge in [-0.15, -0.1) is 0 Å². The molecule has 0 atom stereocenters. The van der Waals surface area contributed by atoms with Crippen LogP contribution in [-0.4, -0.2) is 50.8 Å². The molecule has 5 nitrogen and oxygen atoms in total. The number of hydrogen-bond acceptors (Lipinski definition) is 3. The lowest BCUT2D eigenvalue weighted by Gasteiger charge is -2.41. The van der Waals surface area contributed by atoms with E-state index in [4.69, 9.17) is 0 Å². The number of aromatic nitrogens is 2. The van der Waals surface area contributed by atoms with Crippen LogP contribution in [0.5, 0.6) is 0 Å². The van der Waals surface area contributed by atoms with Gasteiger partial charge in [-0.25, -0.2) is 4.98 Å². The number of hydrogen-bond donors (Lipinski definition) is 1. The third kappa shape index (κ3) is 2.09. The van der Waals surface area contributed by atoms with Crippen molar-refractivity contribution in [3.05, 3.63) is 17.7 Å². The second-order valence-electron chi connectivity index (χ2n) is 6.74. The zero-order chi connectivity index (χ0) is 14.3. The molecular weight excluding hydrogens is 264 g/mol. The van der Waals surface area contributed by atoms with Crippen molar-refractivity contribution in [2.45, 2.75) is 57.0 Å². The predicted molar refractivity (Wildman–Crippen MR) is 79.7 cm³/mol. The molecule has 2 aliphatic heterocycles. The molecule has 3 aliphatic rings. The summed E-state index contributed by atoms with van der Waals surface area (Å²) >= 11 is 0. The molecule has 0 aromatic carbocycles. The van der Waals surface area contributed by atoms with Crippen molar-refractivity contribution in [2.75, 3.05) is 19.6 Å². The Kier molecular flexibility index (Phi) is 3.25. The number of amides is 1. The van der Waals surface area contributed by atoms with Crippen LogP contribution in [0, 0.1) is 0 Å². The van der Waals surface area contributed by atoms with E-state index in [1.807, 2.05) is 0 Å². The fourth-order valence-corrected chi connectivity index (χ4v) is 4.45. The summed E-state index contributed by atoms with van der Waals surface area (Å²) < 4.78 is 0. The monoisotopic (exact) mass is 288 g/mol. The van der Waals surface area contributed by atoms with Crippen LogP contribution in [0.2, 0.25) is 0 Å². The summed E-state index contributed by atoms with van der Waals surface area (Å²) in [6.45, 7) is 3.75. The smallest absolute Gasteiger partial charge is 0.243 e. The fourth-order valence-electron chi connectivity index (χ4n) is 4.45. The highest BCUT2D eigenvalue weighted by Crippen LogP contribution is 2.39. The molecular formula is C16H24N4O. The topological polar surface area (TPSA) is 52.2 Å². The van der Waals surface area contributed by atoms with Crippen LogP contribution in [0.3, 0.4) is 0 Å². The molecule has 1 saturated carbocycles. The quantitative estimate of drug-likeness (QED) is 0.901. The van der Waals surface area contributed by atoms with Crippen molar-refractivity contribution in [1.82, 2.24) is 19.8 Å². The van der Waals surface area contributed by atoms with Crippen molar-refractivity contribution < 1.29 is 4.79 Å². The van der Waals surface area contributed by atoms with E-state index in [2.05, 4.69) is 19.8 Å². The summed E-state index contributed by atoms with van der Waals surface area (Å²) in [4.78, 5) is 25.4. The summed E-state index contributed by atoms with van der Waals surface area (Å²) in [7, 11) is 0. The van der Waals surface area contributed by atoms with Crippen LogP contribution >= 0.6 is 0 Å². The molecule has 1 N–H and O–H groups in total. The van der Waals surface area contributed by atoms with Crippen molar-refractivity contribution in [2.24, 2.45) is 0 Å². The molecule has 0 bridgehead atoms. The highest BCUT2D eigenvalue weighted by Gasteiger charge is 2.49. The van der Waals surface area contributed by atoms with E-state index in [0.717, 1.165) is 50.3 Å². The molecule has 4 rings (SSSR count). The summed E-state index contributed by atoms with van der Waals surface area (Å²) in [5.74, 6) is 0.377. The average Bonchev–Trinajstić information content (AvgIpc) is 3.24. The lowest BCUT2D eigenvalue weighted by Crippen LogP contribution is -2.58. The maximum absolute atomic E-state index is 13.3. The second-order valence-corrected chi connectivity index (χ2v) is 6.74. The highest BCUT2D eigenvalue weighted by atomic mass is 16.2. The largest absolute Gasteiger partial charge is 0.347 e. The molecule has 1 aliphatic carbocycles. The Morgan fingerprint density at radius 2 is 1.90 bits per heavy atom. The number of likely N-dealkylation sites (tertiary alicyclic amines) is 1. The number of imidazole rings is 1. The second kappa shape index (κ2) is 5.13. The van der Waals surface area contributed by atoms with Crippen LogP contribution in [0.25, 0.3) is 0 Å². The van der Waals surface area contributed by atoms with Gasteiger partial charge in [0.15, 0.2) is 0 Å². The molecule has 3 heterocycles. The lowest BCUT2D eigenvalue weighted by molar-refractivity contribution is -0.145. The Morgan fingerprint density at radius 1 is 1.14 bits per heavy atom. The van der Waals surface area contributed by atoms with Gasteiger partial charge < -0.3 is 9.88 Å². The first-order valence-corrected chi connectivity index (χ1v) is 8.35. The summed E-state index contributed by atoms with van der Waals surface area (Å²) in [5.41, 5.74) is 2.08. The zero-order valence-corrected chi connectivity index (χ0v) is 12.6. The first-order chi connectivity index (χ1) is 10.3. The van der Waals surface area contributed by atoms with Gasteiger partial charge in [0.25, 0.3) is 0 Å². The van der Waals surface area contributed by atoms with Crippen molar-refractivity contribution >= 4 is 5.91 Å². The lowest BCUT2D eigenvalue weighted by atomic mass is 9.92. The molecule has 2 fully saturated rings. The first kappa shape index (κ1) is 13.3. The Hall–Kier alpha value is -1.36. The van der Waals surface area contributed by atoms with Gasteiger partial charge in [0.1, 0.15) is 5.54 Å². The summed E-state index contributed by atoms with van der Waals surface area (Å²) in [5, 5.41) is 0. The fraction of sp³-hybridized carbons (Fsp3) is 0.750. The number of nitrogens with zero attached hydrogens (tertiary/aromatic N) is 3. The van der Waals surface area contributed by atoms with Gasteiger partial charge in [-0.1, -0.05) is 12.8 Å². The number of H-pyrrole nitrogens is 1. The molecule has 21 heavy (non-hydrogen) atoms. The maximum Gasteiger partial charge on any atom is 0.243 e. The molecule has 0 unspecified atom stereocenters. The molecule has 0 radical (unpaired) electrons. The van der Waals surface area contributed by atoms with Gasteiger partial charge in [-0.05, 0) is 38.8 Å². The Morgan fingerprint density at radius 3 is 2.67 bits per heavy atom. The van der Waals surface area contributed by atoms with Crippen LogP contribution in [0.15, 0.2) is 6.33 Å². The average molecular weight is 288 g/mol. The predicted octanol–water partition coefficient (Wildman–Crippen LogP) is 1.70. The molecule has 0 spiro atoms. The Bertz CT molecular complexity index is 526. The van der Waals surface area contributed by atoms with Gasteiger partial charge in [0.05, 0.1) is 24.3 Å². The molecule has 1 aromatic rings. The van der Waals surface area contributed by atoms with E-state index in [9.17, 15) is 4.79 Å². The molecule has 5 heteroatoms. The molecule has 1 aromatic heterocycles. The minimum Gasteiger partial charge on any atom is -0.347 e. The van der Waals surface area contributed by atoms with E-state index < -0.39 is 0 Å². The Labute approximate surface area is 125 Å². The van der Waals surface area contributed by atoms with E-state index in [1.165, 1.54) is 25.7 Å². The zero-order valence-electron chi connectivity index (χ0n) is 12.6. The molecule has 1 saturated heterocycles. The number of fused-ring (bicyclic) bond motifs is 1. The van der Waals surface area contributed by atoms with Crippen molar-refractivity contribution in [3.63, 3.8) is 0 Å².